The molecule has 1 atom stereocenters. The van der Waals surface area contributed by atoms with Gasteiger partial charge in [-0.2, -0.15) is 0 Å². The third kappa shape index (κ3) is 1.70. The minimum atomic E-state index is -0.985. The van der Waals surface area contributed by atoms with Crippen LogP contribution < -0.4 is 5.32 Å². The lowest BCUT2D eigenvalue weighted by Crippen LogP contribution is -2.28. The van der Waals surface area contributed by atoms with Gasteiger partial charge in [0.05, 0.1) is 17.3 Å². The standard InChI is InChI=1S/C10H9NO3S/c1-5-10(14)15-7-4-2-3-6(9(12)13)8(7)11-5/h2-5,11H,1H3,(H,12,13). The summed E-state index contributed by atoms with van der Waals surface area (Å²) in [7, 11) is 0. The molecule has 2 N–H and O–H groups in total. The summed E-state index contributed by atoms with van der Waals surface area (Å²) in [6.07, 6.45) is 0. The van der Waals surface area contributed by atoms with E-state index in [9.17, 15) is 9.59 Å². The average Bonchev–Trinajstić information content (AvgIpc) is 2.18. The Balaban J connectivity index is 2.52. The van der Waals surface area contributed by atoms with Crippen molar-refractivity contribution in [2.45, 2.75) is 17.9 Å². The van der Waals surface area contributed by atoms with Crippen LogP contribution in [-0.4, -0.2) is 22.2 Å². The first-order valence-electron chi connectivity index (χ1n) is 4.44. The number of hydrogen-bond donors (Lipinski definition) is 2. The van der Waals surface area contributed by atoms with Crippen molar-refractivity contribution >= 4 is 28.5 Å². The molecule has 0 aliphatic carbocycles. The van der Waals surface area contributed by atoms with Crippen LogP contribution in [0.15, 0.2) is 23.1 Å². The summed E-state index contributed by atoms with van der Waals surface area (Å²) in [4.78, 5) is 23.0. The highest BCUT2D eigenvalue weighted by Crippen LogP contribution is 2.36. The summed E-state index contributed by atoms with van der Waals surface area (Å²) < 4.78 is 0. The Kier molecular flexibility index (Phi) is 2.40. The molecule has 1 heterocycles. The number of anilines is 1. The number of thioether (sulfide) groups is 1. The third-order valence-corrected chi connectivity index (χ3v) is 3.30. The van der Waals surface area contributed by atoms with Gasteiger partial charge in [0, 0.05) is 4.90 Å². The van der Waals surface area contributed by atoms with Gasteiger partial charge in [-0.05, 0) is 30.8 Å². The zero-order valence-corrected chi connectivity index (χ0v) is 8.80. The smallest absolute Gasteiger partial charge is 0.337 e. The van der Waals surface area contributed by atoms with Gasteiger partial charge in [-0.1, -0.05) is 6.07 Å². The highest BCUT2D eigenvalue weighted by Gasteiger charge is 2.26. The third-order valence-electron chi connectivity index (χ3n) is 2.18. The number of fused-ring (bicyclic) bond motifs is 1. The van der Waals surface area contributed by atoms with E-state index in [1.54, 1.807) is 19.1 Å². The lowest BCUT2D eigenvalue weighted by atomic mass is 10.1. The van der Waals surface area contributed by atoms with E-state index in [0.717, 1.165) is 11.8 Å². The van der Waals surface area contributed by atoms with Gasteiger partial charge in [-0.3, -0.25) is 4.79 Å². The van der Waals surface area contributed by atoms with Gasteiger partial charge in [0.2, 0.25) is 5.12 Å². The van der Waals surface area contributed by atoms with Crippen molar-refractivity contribution in [1.29, 1.82) is 0 Å². The fraction of sp³-hybridized carbons (Fsp3) is 0.200. The van der Waals surface area contributed by atoms with Crippen molar-refractivity contribution in [3.63, 3.8) is 0 Å². The van der Waals surface area contributed by atoms with Gasteiger partial charge < -0.3 is 10.4 Å². The molecular weight excluding hydrogens is 214 g/mol. The number of para-hydroxylation sites is 1. The number of rotatable bonds is 1. The van der Waals surface area contributed by atoms with E-state index in [2.05, 4.69) is 5.32 Å². The van der Waals surface area contributed by atoms with Gasteiger partial charge in [-0.25, -0.2) is 4.79 Å². The highest BCUT2D eigenvalue weighted by atomic mass is 32.2. The lowest BCUT2D eigenvalue weighted by Gasteiger charge is -2.23. The Bertz CT molecular complexity index is 444. The Hall–Kier alpha value is -1.49. The molecular formula is C10H9NO3S. The molecule has 0 fully saturated rings. The summed E-state index contributed by atoms with van der Waals surface area (Å²) >= 11 is 1.09. The SMILES string of the molecule is CC1Nc2c(cccc2C(=O)O)SC1=O. The number of hydrogen-bond acceptors (Lipinski definition) is 4. The molecule has 0 amide bonds. The van der Waals surface area contributed by atoms with E-state index >= 15 is 0 Å². The largest absolute Gasteiger partial charge is 0.478 e. The number of carbonyl (C=O) groups excluding carboxylic acids is 1. The Morgan fingerprint density at radius 3 is 2.93 bits per heavy atom. The molecule has 1 aliphatic rings. The molecule has 1 aliphatic heterocycles. The van der Waals surface area contributed by atoms with Crippen molar-refractivity contribution in [2.75, 3.05) is 5.32 Å². The van der Waals surface area contributed by atoms with Gasteiger partial charge in [0.25, 0.3) is 0 Å². The van der Waals surface area contributed by atoms with Crippen LogP contribution in [0, 0.1) is 0 Å². The minimum absolute atomic E-state index is 0.00467. The lowest BCUT2D eigenvalue weighted by molar-refractivity contribution is -0.111. The predicted octanol–water partition coefficient (Wildman–Crippen LogP) is 1.82. The molecule has 0 aromatic heterocycles. The van der Waals surface area contributed by atoms with Crippen molar-refractivity contribution in [1.82, 2.24) is 0 Å². The first kappa shape index (κ1) is 10.0. The second kappa shape index (κ2) is 3.58. The van der Waals surface area contributed by atoms with Crippen LogP contribution in [0.4, 0.5) is 5.69 Å². The number of aromatic carboxylic acids is 1. The molecule has 0 radical (unpaired) electrons. The van der Waals surface area contributed by atoms with Crippen LogP contribution in [0.1, 0.15) is 17.3 Å². The van der Waals surface area contributed by atoms with Crippen LogP contribution in [0.3, 0.4) is 0 Å². The second-order valence-corrected chi connectivity index (χ2v) is 4.32. The van der Waals surface area contributed by atoms with E-state index in [-0.39, 0.29) is 16.7 Å². The molecule has 78 valence electrons. The molecule has 15 heavy (non-hydrogen) atoms. The van der Waals surface area contributed by atoms with E-state index in [1.807, 2.05) is 0 Å². The van der Waals surface area contributed by atoms with Gasteiger partial charge in [0.1, 0.15) is 0 Å². The second-order valence-electron chi connectivity index (χ2n) is 3.27. The molecule has 0 saturated heterocycles. The predicted molar refractivity (Wildman–Crippen MR) is 57.4 cm³/mol. The Morgan fingerprint density at radius 1 is 1.53 bits per heavy atom. The van der Waals surface area contributed by atoms with Crippen molar-refractivity contribution < 1.29 is 14.7 Å². The van der Waals surface area contributed by atoms with E-state index < -0.39 is 5.97 Å². The van der Waals surface area contributed by atoms with Crippen LogP contribution in [-0.2, 0) is 4.79 Å². The number of carbonyl (C=O) groups is 2. The van der Waals surface area contributed by atoms with E-state index in [1.165, 1.54) is 6.07 Å². The first-order valence-corrected chi connectivity index (χ1v) is 5.26. The average molecular weight is 223 g/mol. The zero-order chi connectivity index (χ0) is 11.0. The van der Waals surface area contributed by atoms with E-state index in [4.69, 9.17) is 5.11 Å². The molecule has 1 unspecified atom stereocenters. The fourth-order valence-corrected chi connectivity index (χ4v) is 2.29. The summed E-state index contributed by atoms with van der Waals surface area (Å²) in [5.74, 6) is -0.985. The number of carboxylic acid groups (broad SMARTS) is 1. The van der Waals surface area contributed by atoms with Crippen molar-refractivity contribution in [3.8, 4) is 0 Å². The first-order chi connectivity index (χ1) is 7.09. The minimum Gasteiger partial charge on any atom is -0.478 e. The Morgan fingerprint density at radius 2 is 2.27 bits per heavy atom. The van der Waals surface area contributed by atoms with E-state index in [0.29, 0.717) is 10.6 Å². The number of carboxylic acids is 1. The maximum atomic E-state index is 11.4. The summed E-state index contributed by atoms with van der Waals surface area (Å²) in [6, 6.07) is 4.56. The van der Waals surface area contributed by atoms with Crippen molar-refractivity contribution in [2.24, 2.45) is 0 Å². The highest BCUT2D eigenvalue weighted by molar-refractivity contribution is 8.14. The number of nitrogens with one attached hydrogen (secondary N) is 1. The molecule has 0 bridgehead atoms. The van der Waals surface area contributed by atoms with Gasteiger partial charge in [0.15, 0.2) is 0 Å². The molecule has 1 aromatic carbocycles. The van der Waals surface area contributed by atoms with Gasteiger partial charge in [-0.15, -0.1) is 0 Å². The zero-order valence-electron chi connectivity index (χ0n) is 7.98. The molecule has 2 rings (SSSR count). The maximum Gasteiger partial charge on any atom is 0.337 e. The van der Waals surface area contributed by atoms with Crippen molar-refractivity contribution in [3.05, 3.63) is 23.8 Å². The molecule has 5 heteroatoms. The van der Waals surface area contributed by atoms with Gasteiger partial charge >= 0.3 is 5.97 Å². The Labute approximate surface area is 90.7 Å². The monoisotopic (exact) mass is 223 g/mol. The quantitative estimate of drug-likeness (QED) is 0.760. The number of benzene rings is 1. The topological polar surface area (TPSA) is 66.4 Å². The normalized spacial score (nSPS) is 19.3. The van der Waals surface area contributed by atoms with Crippen LogP contribution >= 0.6 is 11.8 Å². The summed E-state index contributed by atoms with van der Waals surface area (Å²) in [5.41, 5.74) is 0.751. The van der Waals surface area contributed by atoms with Crippen LogP contribution in [0.25, 0.3) is 0 Å². The van der Waals surface area contributed by atoms with Crippen LogP contribution in [0.2, 0.25) is 0 Å². The summed E-state index contributed by atoms with van der Waals surface area (Å²) in [5, 5.41) is 11.9. The molecule has 4 nitrogen and oxygen atoms in total. The molecule has 0 spiro atoms. The summed E-state index contributed by atoms with van der Waals surface area (Å²) in [6.45, 7) is 1.72. The molecule has 0 saturated carbocycles. The fourth-order valence-electron chi connectivity index (χ4n) is 1.42. The maximum absolute atomic E-state index is 11.4. The van der Waals surface area contributed by atoms with Crippen LogP contribution in [0.5, 0.6) is 0 Å². The molecule has 1 aromatic rings.